The van der Waals surface area contributed by atoms with E-state index in [4.69, 9.17) is 10.5 Å². The second kappa shape index (κ2) is 4.78. The number of benzene rings is 1. The van der Waals surface area contributed by atoms with Gasteiger partial charge in [0.2, 0.25) is 0 Å². The fourth-order valence-electron chi connectivity index (χ4n) is 1.08. The fraction of sp³-hybridized carbons (Fsp3) is 0.300. The van der Waals surface area contributed by atoms with E-state index in [9.17, 15) is 13.6 Å². The second-order valence-electron chi connectivity index (χ2n) is 3.18. The van der Waals surface area contributed by atoms with Crippen LogP contribution in [0.1, 0.15) is 6.92 Å². The van der Waals surface area contributed by atoms with Crippen molar-refractivity contribution in [3.63, 3.8) is 0 Å². The van der Waals surface area contributed by atoms with Gasteiger partial charge in [-0.2, -0.15) is 0 Å². The summed E-state index contributed by atoms with van der Waals surface area (Å²) in [7, 11) is 1.42. The van der Waals surface area contributed by atoms with Gasteiger partial charge in [0.1, 0.15) is 5.82 Å². The van der Waals surface area contributed by atoms with E-state index >= 15 is 0 Å². The number of likely N-dealkylation sites (N-methyl/N-ethyl adjacent to an activating group) is 1. The summed E-state index contributed by atoms with van der Waals surface area (Å²) in [5.41, 5.74) is 4.85. The molecule has 0 aliphatic rings. The first-order valence-corrected chi connectivity index (χ1v) is 4.58. The molecule has 1 aromatic rings. The van der Waals surface area contributed by atoms with Crippen LogP contribution in [0.15, 0.2) is 12.1 Å². The summed E-state index contributed by atoms with van der Waals surface area (Å²) < 4.78 is 31.2. The minimum Gasteiger partial charge on any atom is -0.478 e. The highest BCUT2D eigenvalue weighted by Gasteiger charge is 2.16. The summed E-state index contributed by atoms with van der Waals surface area (Å²) in [6, 6.07) is 1.62. The Labute approximate surface area is 91.4 Å². The molecule has 0 radical (unpaired) electrons. The van der Waals surface area contributed by atoms with Crippen molar-refractivity contribution in [3.05, 3.63) is 23.8 Å². The first-order valence-electron chi connectivity index (χ1n) is 4.58. The third kappa shape index (κ3) is 2.59. The molecule has 0 aliphatic heterocycles. The fourth-order valence-corrected chi connectivity index (χ4v) is 1.08. The van der Waals surface area contributed by atoms with Crippen molar-refractivity contribution < 1.29 is 18.3 Å². The minimum absolute atomic E-state index is 0.308. The quantitative estimate of drug-likeness (QED) is 0.763. The van der Waals surface area contributed by atoms with Crippen LogP contribution in [0.4, 0.5) is 14.5 Å². The Balaban J connectivity index is 2.89. The Morgan fingerprint density at radius 2 is 2.06 bits per heavy atom. The molecule has 1 aromatic carbocycles. The molecule has 0 saturated heterocycles. The lowest BCUT2D eigenvalue weighted by atomic mass is 10.2. The highest BCUT2D eigenvalue weighted by molar-refractivity contribution is 5.80. The van der Waals surface area contributed by atoms with Crippen molar-refractivity contribution in [2.24, 2.45) is 0 Å². The van der Waals surface area contributed by atoms with E-state index in [1.165, 1.54) is 14.0 Å². The molecule has 1 rings (SSSR count). The van der Waals surface area contributed by atoms with Crippen LogP contribution in [0.25, 0.3) is 0 Å². The third-order valence-electron chi connectivity index (χ3n) is 1.97. The van der Waals surface area contributed by atoms with Crippen LogP contribution in [0.3, 0.4) is 0 Å². The molecule has 4 nitrogen and oxygen atoms in total. The van der Waals surface area contributed by atoms with Gasteiger partial charge in [0.25, 0.3) is 5.91 Å². The predicted molar refractivity (Wildman–Crippen MR) is 54.9 cm³/mol. The van der Waals surface area contributed by atoms with Crippen molar-refractivity contribution >= 4 is 11.6 Å². The molecule has 1 atom stereocenters. The SMILES string of the molecule is CNC(=O)C(C)Oc1cc(F)c(N)cc1F. The molecule has 88 valence electrons. The van der Waals surface area contributed by atoms with Gasteiger partial charge >= 0.3 is 0 Å². The summed E-state index contributed by atoms with van der Waals surface area (Å²) >= 11 is 0. The van der Waals surface area contributed by atoms with E-state index < -0.39 is 23.6 Å². The topological polar surface area (TPSA) is 64.3 Å². The van der Waals surface area contributed by atoms with Gasteiger partial charge in [-0.05, 0) is 6.92 Å². The number of anilines is 1. The summed E-state index contributed by atoms with van der Waals surface area (Å²) in [4.78, 5) is 11.1. The van der Waals surface area contributed by atoms with Gasteiger partial charge in [-0.15, -0.1) is 0 Å². The zero-order chi connectivity index (χ0) is 12.3. The molecule has 0 aromatic heterocycles. The molecule has 0 bridgehead atoms. The van der Waals surface area contributed by atoms with Crippen LogP contribution in [0.2, 0.25) is 0 Å². The van der Waals surface area contributed by atoms with Gasteiger partial charge in [-0.1, -0.05) is 0 Å². The largest absolute Gasteiger partial charge is 0.478 e. The molecule has 6 heteroatoms. The van der Waals surface area contributed by atoms with Crippen molar-refractivity contribution in [2.75, 3.05) is 12.8 Å². The summed E-state index contributed by atoms with van der Waals surface area (Å²) in [6.45, 7) is 1.42. The average molecular weight is 230 g/mol. The maximum Gasteiger partial charge on any atom is 0.260 e. The van der Waals surface area contributed by atoms with Crippen LogP contribution >= 0.6 is 0 Å². The summed E-state index contributed by atoms with van der Waals surface area (Å²) in [6.07, 6.45) is -0.914. The Hall–Kier alpha value is -1.85. The van der Waals surface area contributed by atoms with E-state index in [0.717, 1.165) is 12.1 Å². The van der Waals surface area contributed by atoms with E-state index in [-0.39, 0.29) is 11.4 Å². The molecule has 1 unspecified atom stereocenters. The molecule has 0 heterocycles. The van der Waals surface area contributed by atoms with Gasteiger partial charge < -0.3 is 15.8 Å². The lowest BCUT2D eigenvalue weighted by molar-refractivity contribution is -0.126. The van der Waals surface area contributed by atoms with Gasteiger partial charge in [-0.25, -0.2) is 8.78 Å². The summed E-state index contributed by atoms with van der Waals surface area (Å²) in [5, 5.41) is 2.33. The Kier molecular flexibility index (Phi) is 3.65. The summed E-state index contributed by atoms with van der Waals surface area (Å²) in [5.74, 6) is -2.38. The normalized spacial score (nSPS) is 12.0. The minimum atomic E-state index is -0.914. The Morgan fingerprint density at radius 3 is 2.62 bits per heavy atom. The molecule has 0 aliphatic carbocycles. The highest BCUT2D eigenvalue weighted by atomic mass is 19.1. The maximum atomic E-state index is 13.3. The Morgan fingerprint density at radius 1 is 1.44 bits per heavy atom. The number of halogens is 2. The van der Waals surface area contributed by atoms with Crippen LogP contribution in [-0.4, -0.2) is 19.1 Å². The number of hydrogen-bond donors (Lipinski definition) is 2. The number of nitrogen functional groups attached to an aromatic ring is 1. The molecule has 0 spiro atoms. The molecule has 16 heavy (non-hydrogen) atoms. The monoisotopic (exact) mass is 230 g/mol. The predicted octanol–water partition coefficient (Wildman–Crippen LogP) is 1.06. The maximum absolute atomic E-state index is 13.3. The van der Waals surface area contributed by atoms with E-state index in [0.29, 0.717) is 0 Å². The number of nitrogens with two attached hydrogens (primary N) is 1. The molecule has 3 N–H and O–H groups in total. The van der Waals surface area contributed by atoms with E-state index in [1.54, 1.807) is 0 Å². The average Bonchev–Trinajstić information content (AvgIpc) is 2.24. The smallest absolute Gasteiger partial charge is 0.260 e. The van der Waals surface area contributed by atoms with Crippen molar-refractivity contribution in [2.45, 2.75) is 13.0 Å². The molecule has 1 amide bonds. The standard InChI is InChI=1S/C10H12F2N2O2/c1-5(10(15)14-2)16-9-4-6(11)8(13)3-7(9)12/h3-5H,13H2,1-2H3,(H,14,15). The molecule has 0 saturated carbocycles. The molecular weight excluding hydrogens is 218 g/mol. The first-order chi connectivity index (χ1) is 7.45. The van der Waals surface area contributed by atoms with Crippen LogP contribution in [0, 0.1) is 11.6 Å². The van der Waals surface area contributed by atoms with Crippen LogP contribution in [0.5, 0.6) is 5.75 Å². The van der Waals surface area contributed by atoms with E-state index in [2.05, 4.69) is 5.32 Å². The second-order valence-corrected chi connectivity index (χ2v) is 3.18. The third-order valence-corrected chi connectivity index (χ3v) is 1.97. The zero-order valence-corrected chi connectivity index (χ0v) is 8.88. The lowest BCUT2D eigenvalue weighted by Crippen LogP contribution is -2.33. The number of carbonyl (C=O) groups excluding carboxylic acids is 1. The van der Waals surface area contributed by atoms with Crippen molar-refractivity contribution in [3.8, 4) is 5.75 Å². The van der Waals surface area contributed by atoms with Gasteiger partial charge in [0.15, 0.2) is 17.7 Å². The number of hydrogen-bond acceptors (Lipinski definition) is 3. The molecule has 0 fully saturated rings. The number of ether oxygens (including phenoxy) is 1. The Bertz CT molecular complexity index is 410. The van der Waals surface area contributed by atoms with Crippen molar-refractivity contribution in [1.29, 1.82) is 0 Å². The number of rotatable bonds is 3. The van der Waals surface area contributed by atoms with Gasteiger partial charge in [-0.3, -0.25) is 4.79 Å². The van der Waals surface area contributed by atoms with Crippen molar-refractivity contribution in [1.82, 2.24) is 5.32 Å². The zero-order valence-electron chi connectivity index (χ0n) is 8.88. The molecular formula is C10H12F2N2O2. The first kappa shape index (κ1) is 12.2. The lowest BCUT2D eigenvalue weighted by Gasteiger charge is -2.14. The van der Waals surface area contributed by atoms with Gasteiger partial charge in [0.05, 0.1) is 5.69 Å². The number of nitrogens with one attached hydrogen (secondary N) is 1. The number of carbonyl (C=O) groups is 1. The number of amides is 1. The highest BCUT2D eigenvalue weighted by Crippen LogP contribution is 2.23. The van der Waals surface area contributed by atoms with E-state index in [1.807, 2.05) is 0 Å². The van der Waals surface area contributed by atoms with Crippen LogP contribution in [-0.2, 0) is 4.79 Å². The van der Waals surface area contributed by atoms with Crippen LogP contribution < -0.4 is 15.8 Å². The van der Waals surface area contributed by atoms with Gasteiger partial charge in [0, 0.05) is 19.2 Å².